The first-order chi connectivity index (χ1) is 7.69. The van der Waals surface area contributed by atoms with Crippen LogP contribution in [0.15, 0.2) is 6.07 Å². The fraction of sp³-hybridized carbons (Fsp3) is 0.417. The summed E-state index contributed by atoms with van der Waals surface area (Å²) in [6.07, 6.45) is 1.35. The van der Waals surface area contributed by atoms with Gasteiger partial charge in [0.1, 0.15) is 11.9 Å². The third-order valence-electron chi connectivity index (χ3n) is 3.25. The summed E-state index contributed by atoms with van der Waals surface area (Å²) >= 11 is 0. The van der Waals surface area contributed by atoms with Crippen molar-refractivity contribution in [2.45, 2.75) is 25.9 Å². The average molecular weight is 255 g/mol. The van der Waals surface area contributed by atoms with Crippen LogP contribution in [0, 0.1) is 6.92 Å². The Kier molecular flexibility index (Phi) is 3.02. The molecule has 1 unspecified atom stereocenters. The Hall–Kier alpha value is -1.26. The maximum atomic E-state index is 11.4. The number of carbonyl (C=O) groups excluding carboxylic acids is 1. The predicted octanol–water partition coefficient (Wildman–Crippen LogP) is 1.17. The number of fused-ring (bicyclic) bond motifs is 3. The molecule has 0 bridgehead atoms. The minimum absolute atomic E-state index is 0. The van der Waals surface area contributed by atoms with Gasteiger partial charge in [0.2, 0.25) is 5.91 Å². The van der Waals surface area contributed by atoms with E-state index in [4.69, 9.17) is 10.5 Å². The Morgan fingerprint density at radius 3 is 3.06 bits per heavy atom. The molecule has 0 aromatic heterocycles. The molecule has 1 amide bonds. The number of hydrogen-bond donors (Lipinski definition) is 2. The van der Waals surface area contributed by atoms with Gasteiger partial charge < -0.3 is 15.8 Å². The van der Waals surface area contributed by atoms with Gasteiger partial charge in [-0.05, 0) is 18.1 Å². The molecule has 2 aliphatic rings. The second-order valence-corrected chi connectivity index (χ2v) is 4.44. The van der Waals surface area contributed by atoms with Crippen LogP contribution in [0.3, 0.4) is 0 Å². The van der Waals surface area contributed by atoms with Gasteiger partial charge >= 0.3 is 0 Å². The summed E-state index contributed by atoms with van der Waals surface area (Å²) < 4.78 is 5.79. The van der Waals surface area contributed by atoms with E-state index >= 15 is 0 Å². The van der Waals surface area contributed by atoms with Crippen molar-refractivity contribution in [2.24, 2.45) is 5.73 Å². The number of ether oxygens (including phenoxy) is 1. The van der Waals surface area contributed by atoms with E-state index in [1.807, 2.05) is 6.92 Å². The number of anilines is 1. The second-order valence-electron chi connectivity index (χ2n) is 4.44. The van der Waals surface area contributed by atoms with E-state index in [1.165, 1.54) is 5.56 Å². The van der Waals surface area contributed by atoms with Crippen LogP contribution in [0.4, 0.5) is 5.69 Å². The number of hydrogen-bond acceptors (Lipinski definition) is 3. The molecular weight excluding hydrogens is 240 g/mol. The SMILES string of the molecule is Cc1cc2c(c3c1NC(=O)C3)OC(CN)C2.Cl. The van der Waals surface area contributed by atoms with Gasteiger partial charge in [0.15, 0.2) is 0 Å². The van der Waals surface area contributed by atoms with Crippen LogP contribution >= 0.6 is 12.4 Å². The maximum Gasteiger partial charge on any atom is 0.229 e. The fourth-order valence-electron chi connectivity index (χ4n) is 2.51. The van der Waals surface area contributed by atoms with Crippen molar-refractivity contribution in [3.05, 3.63) is 22.8 Å². The molecule has 0 saturated heterocycles. The Balaban J connectivity index is 0.00000108. The molecule has 2 heterocycles. The fourth-order valence-corrected chi connectivity index (χ4v) is 2.51. The van der Waals surface area contributed by atoms with Gasteiger partial charge in [-0.1, -0.05) is 6.07 Å². The summed E-state index contributed by atoms with van der Waals surface area (Å²) in [7, 11) is 0. The number of nitrogens with one attached hydrogen (secondary N) is 1. The standard InChI is InChI=1S/C12H14N2O2.ClH/c1-6-2-7-3-8(5-13)16-12(7)9-4-10(15)14-11(6)9;/h2,8H,3-5,13H2,1H3,(H,14,15);1H. The van der Waals surface area contributed by atoms with E-state index in [1.54, 1.807) is 0 Å². The Labute approximate surface area is 106 Å². The predicted molar refractivity (Wildman–Crippen MR) is 67.9 cm³/mol. The van der Waals surface area contributed by atoms with Crippen molar-refractivity contribution in [3.8, 4) is 5.75 Å². The highest BCUT2D eigenvalue weighted by Crippen LogP contribution is 2.41. The molecule has 0 spiro atoms. The first-order valence-electron chi connectivity index (χ1n) is 5.51. The number of halogens is 1. The summed E-state index contributed by atoms with van der Waals surface area (Å²) in [6.45, 7) is 2.53. The largest absolute Gasteiger partial charge is 0.488 e. The zero-order chi connectivity index (χ0) is 11.3. The molecule has 0 radical (unpaired) electrons. The summed E-state index contributed by atoms with van der Waals surface area (Å²) in [5.41, 5.74) is 9.85. The molecule has 0 aliphatic carbocycles. The molecule has 1 aromatic carbocycles. The zero-order valence-electron chi connectivity index (χ0n) is 9.58. The van der Waals surface area contributed by atoms with Crippen molar-refractivity contribution in [2.75, 3.05) is 11.9 Å². The van der Waals surface area contributed by atoms with E-state index in [2.05, 4.69) is 11.4 Å². The van der Waals surface area contributed by atoms with Gasteiger partial charge in [0.25, 0.3) is 0 Å². The van der Waals surface area contributed by atoms with Crippen LogP contribution in [-0.4, -0.2) is 18.6 Å². The smallest absolute Gasteiger partial charge is 0.229 e. The van der Waals surface area contributed by atoms with Gasteiger partial charge in [0.05, 0.1) is 12.1 Å². The molecule has 92 valence electrons. The van der Waals surface area contributed by atoms with Gasteiger partial charge in [-0.3, -0.25) is 4.79 Å². The molecule has 17 heavy (non-hydrogen) atoms. The zero-order valence-corrected chi connectivity index (χ0v) is 10.4. The highest BCUT2D eigenvalue weighted by Gasteiger charge is 2.31. The van der Waals surface area contributed by atoms with E-state index < -0.39 is 0 Å². The second kappa shape index (κ2) is 4.20. The van der Waals surface area contributed by atoms with Crippen LogP contribution in [-0.2, 0) is 17.6 Å². The van der Waals surface area contributed by atoms with Crippen molar-refractivity contribution in [1.29, 1.82) is 0 Å². The average Bonchev–Trinajstić information content (AvgIpc) is 2.80. The lowest BCUT2D eigenvalue weighted by atomic mass is 10.0. The number of carbonyl (C=O) groups is 1. The molecule has 3 N–H and O–H groups in total. The monoisotopic (exact) mass is 254 g/mol. The Morgan fingerprint density at radius 2 is 2.35 bits per heavy atom. The lowest BCUT2D eigenvalue weighted by molar-refractivity contribution is -0.115. The van der Waals surface area contributed by atoms with Crippen LogP contribution in [0.25, 0.3) is 0 Å². The number of amides is 1. The molecule has 1 atom stereocenters. The topological polar surface area (TPSA) is 64.3 Å². The van der Waals surface area contributed by atoms with Gasteiger partial charge in [0, 0.05) is 18.5 Å². The number of benzene rings is 1. The van der Waals surface area contributed by atoms with Crippen molar-refractivity contribution >= 4 is 24.0 Å². The third kappa shape index (κ3) is 1.77. The highest BCUT2D eigenvalue weighted by molar-refractivity contribution is 6.01. The van der Waals surface area contributed by atoms with E-state index in [9.17, 15) is 4.79 Å². The van der Waals surface area contributed by atoms with E-state index in [0.29, 0.717) is 13.0 Å². The first kappa shape index (κ1) is 12.2. The third-order valence-corrected chi connectivity index (χ3v) is 3.25. The van der Waals surface area contributed by atoms with E-state index in [0.717, 1.165) is 29.0 Å². The molecule has 1 aromatic rings. The number of aryl methyl sites for hydroxylation is 1. The Morgan fingerprint density at radius 1 is 1.59 bits per heavy atom. The van der Waals surface area contributed by atoms with Crippen molar-refractivity contribution < 1.29 is 9.53 Å². The first-order valence-corrected chi connectivity index (χ1v) is 5.51. The lowest BCUT2D eigenvalue weighted by Crippen LogP contribution is -2.24. The molecule has 0 saturated carbocycles. The van der Waals surface area contributed by atoms with Gasteiger partial charge in [-0.25, -0.2) is 0 Å². The summed E-state index contributed by atoms with van der Waals surface area (Å²) in [5, 5.41) is 2.88. The minimum Gasteiger partial charge on any atom is -0.488 e. The van der Waals surface area contributed by atoms with Crippen molar-refractivity contribution in [1.82, 2.24) is 0 Å². The minimum atomic E-state index is 0. The number of nitrogens with two attached hydrogens (primary N) is 1. The molecule has 3 rings (SSSR count). The van der Waals surface area contributed by atoms with Crippen LogP contribution in [0.5, 0.6) is 5.75 Å². The van der Waals surface area contributed by atoms with E-state index in [-0.39, 0.29) is 24.4 Å². The van der Waals surface area contributed by atoms with Crippen LogP contribution in [0.1, 0.15) is 16.7 Å². The Bertz CT molecular complexity index is 488. The molecular formula is C12H15ClN2O2. The van der Waals surface area contributed by atoms with Gasteiger partial charge in [-0.2, -0.15) is 0 Å². The maximum absolute atomic E-state index is 11.4. The highest BCUT2D eigenvalue weighted by atomic mass is 35.5. The van der Waals surface area contributed by atoms with Crippen LogP contribution in [0.2, 0.25) is 0 Å². The summed E-state index contributed by atoms with van der Waals surface area (Å²) in [5.74, 6) is 0.931. The summed E-state index contributed by atoms with van der Waals surface area (Å²) in [4.78, 5) is 11.4. The van der Waals surface area contributed by atoms with Crippen molar-refractivity contribution in [3.63, 3.8) is 0 Å². The normalized spacial score (nSPS) is 20.1. The molecule has 0 fully saturated rings. The van der Waals surface area contributed by atoms with Crippen LogP contribution < -0.4 is 15.8 Å². The quantitative estimate of drug-likeness (QED) is 0.791. The summed E-state index contributed by atoms with van der Waals surface area (Å²) in [6, 6.07) is 2.09. The molecule has 4 nitrogen and oxygen atoms in total. The van der Waals surface area contributed by atoms with Gasteiger partial charge in [-0.15, -0.1) is 12.4 Å². The molecule has 2 aliphatic heterocycles. The molecule has 5 heteroatoms. The lowest BCUT2D eigenvalue weighted by Gasteiger charge is -2.10. The number of rotatable bonds is 1.